The molecule has 0 unspecified atom stereocenters. The molecule has 0 saturated carbocycles. The molecule has 1 aromatic heterocycles. The third-order valence-corrected chi connectivity index (χ3v) is 6.33. The van der Waals surface area contributed by atoms with Gasteiger partial charge in [-0.2, -0.15) is 5.10 Å². The van der Waals surface area contributed by atoms with E-state index >= 15 is 0 Å². The van der Waals surface area contributed by atoms with E-state index in [0.29, 0.717) is 20.9 Å². The molecule has 2 aromatic carbocycles. The van der Waals surface area contributed by atoms with Crippen molar-refractivity contribution < 1.29 is 9.21 Å². The summed E-state index contributed by atoms with van der Waals surface area (Å²) in [4.78, 5) is 15.3. The number of carbonyl (C=O) groups is 1. The minimum atomic E-state index is -0.144. The molecule has 0 atom stereocenters. The zero-order chi connectivity index (χ0) is 23.4. The number of furan rings is 1. The van der Waals surface area contributed by atoms with E-state index in [9.17, 15) is 4.79 Å². The van der Waals surface area contributed by atoms with E-state index in [0.717, 1.165) is 11.1 Å². The van der Waals surface area contributed by atoms with Crippen molar-refractivity contribution in [2.45, 2.75) is 32.7 Å². The van der Waals surface area contributed by atoms with Gasteiger partial charge in [-0.1, -0.05) is 68.8 Å². The first-order chi connectivity index (χ1) is 15.8. The van der Waals surface area contributed by atoms with Gasteiger partial charge >= 0.3 is 0 Å². The second kappa shape index (κ2) is 9.81. The van der Waals surface area contributed by atoms with Crippen LogP contribution in [-0.4, -0.2) is 22.2 Å². The molecule has 1 saturated heterocycles. The molecule has 2 heterocycles. The summed E-state index contributed by atoms with van der Waals surface area (Å²) in [6, 6.07) is 19.2. The van der Waals surface area contributed by atoms with Crippen LogP contribution in [0.1, 0.15) is 43.2 Å². The summed E-state index contributed by atoms with van der Waals surface area (Å²) >= 11 is 7.26. The molecule has 1 aliphatic rings. The monoisotopic (exact) mass is 477 g/mol. The molecular formula is C26H24ClN3O2S. The predicted molar refractivity (Wildman–Crippen MR) is 136 cm³/mol. The topological polar surface area (TPSA) is 58.2 Å². The average Bonchev–Trinajstić information content (AvgIpc) is 3.39. The molecule has 3 aromatic rings. The smallest absolute Gasteiger partial charge is 0.267 e. The third kappa shape index (κ3) is 5.83. The molecule has 0 radical (unpaired) electrons. The second-order valence-electron chi connectivity index (χ2n) is 8.63. The van der Waals surface area contributed by atoms with Crippen molar-refractivity contribution in [3.63, 3.8) is 0 Å². The molecule has 1 amide bonds. The quantitative estimate of drug-likeness (QED) is 0.232. The first kappa shape index (κ1) is 23.1. The van der Waals surface area contributed by atoms with Gasteiger partial charge in [0.15, 0.2) is 5.17 Å². The zero-order valence-corrected chi connectivity index (χ0v) is 20.2. The molecular weight excluding hydrogens is 454 g/mol. The number of rotatable bonds is 5. The third-order valence-electron chi connectivity index (χ3n) is 5.08. The number of amides is 1. The Labute approximate surface area is 202 Å². The maximum atomic E-state index is 13.1. The summed E-state index contributed by atoms with van der Waals surface area (Å²) in [5, 5.41) is 9.76. The number of benzene rings is 2. The van der Waals surface area contributed by atoms with Crippen LogP contribution in [-0.2, 0) is 16.8 Å². The summed E-state index contributed by atoms with van der Waals surface area (Å²) < 4.78 is 5.44. The van der Waals surface area contributed by atoms with Gasteiger partial charge in [0.2, 0.25) is 0 Å². The Morgan fingerprint density at radius 1 is 1.03 bits per heavy atom. The van der Waals surface area contributed by atoms with E-state index in [-0.39, 0.29) is 17.9 Å². The Kier molecular flexibility index (Phi) is 6.86. The van der Waals surface area contributed by atoms with Gasteiger partial charge in [0.25, 0.3) is 5.91 Å². The summed E-state index contributed by atoms with van der Waals surface area (Å²) in [5.74, 6) is 0.529. The molecule has 0 N–H and O–H groups in total. The number of halogens is 1. The summed E-state index contributed by atoms with van der Waals surface area (Å²) in [6.07, 6.45) is 5.11. The Hall–Kier alpha value is -3.09. The summed E-state index contributed by atoms with van der Waals surface area (Å²) in [5.41, 5.74) is 3.17. The molecule has 0 bridgehead atoms. The number of amidine groups is 1. The number of nitrogens with zero attached hydrogens (tertiary/aromatic N) is 3. The van der Waals surface area contributed by atoms with E-state index in [2.05, 4.69) is 43.1 Å². The minimum absolute atomic E-state index is 0.0932. The van der Waals surface area contributed by atoms with Crippen molar-refractivity contribution in [2.24, 2.45) is 10.2 Å². The van der Waals surface area contributed by atoms with E-state index in [1.54, 1.807) is 35.6 Å². The van der Waals surface area contributed by atoms with Gasteiger partial charge in [-0.15, -0.1) is 5.10 Å². The van der Waals surface area contributed by atoms with Gasteiger partial charge in [0.05, 0.1) is 23.9 Å². The van der Waals surface area contributed by atoms with Crippen molar-refractivity contribution in [1.29, 1.82) is 0 Å². The van der Waals surface area contributed by atoms with Crippen LogP contribution in [0.3, 0.4) is 0 Å². The number of carbonyl (C=O) groups excluding carboxylic acids is 1. The highest BCUT2D eigenvalue weighted by Crippen LogP contribution is 2.34. The van der Waals surface area contributed by atoms with E-state index in [1.165, 1.54) is 17.3 Å². The fraction of sp³-hybridized carbons (Fsp3) is 0.192. The Balaban J connectivity index is 1.58. The van der Waals surface area contributed by atoms with Gasteiger partial charge < -0.3 is 4.42 Å². The van der Waals surface area contributed by atoms with Gasteiger partial charge in [-0.05, 0) is 64.2 Å². The van der Waals surface area contributed by atoms with Crippen LogP contribution < -0.4 is 0 Å². The number of thioether (sulfide) groups is 1. The fourth-order valence-corrected chi connectivity index (χ4v) is 4.27. The lowest BCUT2D eigenvalue weighted by molar-refractivity contribution is -0.122. The normalized spacial score (nSPS) is 17.1. The van der Waals surface area contributed by atoms with Crippen molar-refractivity contribution >= 4 is 46.7 Å². The molecule has 0 aliphatic carbocycles. The predicted octanol–water partition coefficient (Wildman–Crippen LogP) is 6.74. The zero-order valence-electron chi connectivity index (χ0n) is 18.7. The molecule has 33 heavy (non-hydrogen) atoms. The van der Waals surface area contributed by atoms with Gasteiger partial charge in [0, 0.05) is 5.02 Å². The van der Waals surface area contributed by atoms with Crippen molar-refractivity contribution in [1.82, 2.24) is 4.90 Å². The molecule has 0 spiro atoms. The lowest BCUT2D eigenvalue weighted by atomic mass is 9.87. The van der Waals surface area contributed by atoms with Gasteiger partial charge in [0.1, 0.15) is 5.76 Å². The van der Waals surface area contributed by atoms with Crippen LogP contribution >= 0.6 is 23.4 Å². The lowest BCUT2D eigenvalue weighted by Crippen LogP contribution is -2.28. The molecule has 1 aliphatic heterocycles. The lowest BCUT2D eigenvalue weighted by Gasteiger charge is -2.18. The minimum Gasteiger partial charge on any atom is -0.467 e. The Bertz CT molecular complexity index is 1210. The molecule has 168 valence electrons. The first-order valence-corrected chi connectivity index (χ1v) is 11.7. The Morgan fingerprint density at radius 2 is 1.73 bits per heavy atom. The molecule has 1 fully saturated rings. The van der Waals surface area contributed by atoms with Crippen molar-refractivity contribution in [3.05, 3.63) is 99.3 Å². The van der Waals surface area contributed by atoms with E-state index in [4.69, 9.17) is 16.0 Å². The van der Waals surface area contributed by atoms with Crippen LogP contribution in [0.15, 0.2) is 86.5 Å². The average molecular weight is 478 g/mol. The highest BCUT2D eigenvalue weighted by atomic mass is 35.5. The summed E-state index contributed by atoms with van der Waals surface area (Å²) in [6.45, 7) is 6.82. The highest BCUT2D eigenvalue weighted by Gasteiger charge is 2.34. The van der Waals surface area contributed by atoms with Crippen LogP contribution in [0, 0.1) is 0 Å². The van der Waals surface area contributed by atoms with Crippen LogP contribution in [0.2, 0.25) is 5.02 Å². The van der Waals surface area contributed by atoms with Crippen LogP contribution in [0.5, 0.6) is 0 Å². The second-order valence-corrected chi connectivity index (χ2v) is 10.1. The summed E-state index contributed by atoms with van der Waals surface area (Å²) in [7, 11) is 0. The number of hydrogen-bond donors (Lipinski definition) is 0. The SMILES string of the molecule is CC(C)(C)c1ccc(/C=N\N=C2\S/C(=C\c3ccc(Cl)cc3)C(=O)N2Cc2ccco2)cc1. The van der Waals surface area contributed by atoms with Crippen LogP contribution in [0.4, 0.5) is 0 Å². The van der Waals surface area contributed by atoms with Crippen molar-refractivity contribution in [3.8, 4) is 0 Å². The largest absolute Gasteiger partial charge is 0.467 e. The highest BCUT2D eigenvalue weighted by molar-refractivity contribution is 8.18. The van der Waals surface area contributed by atoms with Crippen LogP contribution in [0.25, 0.3) is 6.08 Å². The molecule has 4 rings (SSSR count). The fourth-order valence-electron chi connectivity index (χ4n) is 3.20. The van der Waals surface area contributed by atoms with E-state index in [1.807, 2.05) is 36.4 Å². The van der Waals surface area contributed by atoms with Gasteiger partial charge in [-0.25, -0.2) is 0 Å². The first-order valence-electron chi connectivity index (χ1n) is 10.5. The Morgan fingerprint density at radius 3 is 2.36 bits per heavy atom. The number of hydrogen-bond acceptors (Lipinski definition) is 5. The standard InChI is InChI=1S/C26H24ClN3O2S/c1-26(2,3)20-10-6-19(7-11-20)16-28-29-25-30(17-22-5-4-14-32-22)24(31)23(33-25)15-18-8-12-21(27)13-9-18/h4-16H,17H2,1-3H3/b23-15-,28-16-,29-25+. The van der Waals surface area contributed by atoms with Gasteiger partial charge in [-0.3, -0.25) is 9.69 Å². The maximum absolute atomic E-state index is 13.1. The molecule has 5 nitrogen and oxygen atoms in total. The molecule has 7 heteroatoms. The van der Waals surface area contributed by atoms with E-state index < -0.39 is 0 Å². The maximum Gasteiger partial charge on any atom is 0.267 e. The van der Waals surface area contributed by atoms with Crippen molar-refractivity contribution in [2.75, 3.05) is 0 Å².